The van der Waals surface area contributed by atoms with Crippen LogP contribution in [-0.4, -0.2) is 75.0 Å². The normalized spacial score (nSPS) is 22.5. The number of benzene rings is 1. The van der Waals surface area contributed by atoms with E-state index in [1.165, 1.54) is 16.4 Å². The van der Waals surface area contributed by atoms with Gasteiger partial charge in [-0.05, 0) is 51.2 Å². The second-order valence-electron chi connectivity index (χ2n) is 8.88. The molecule has 0 radical (unpaired) electrons. The van der Waals surface area contributed by atoms with Crippen molar-refractivity contribution in [3.8, 4) is 11.5 Å². The maximum absolute atomic E-state index is 13.1. The Balaban J connectivity index is 1.30. The van der Waals surface area contributed by atoms with Gasteiger partial charge in [0.05, 0.1) is 24.0 Å². The summed E-state index contributed by atoms with van der Waals surface area (Å²) in [4.78, 5) is 26.8. The summed E-state index contributed by atoms with van der Waals surface area (Å²) in [5, 5.41) is 0. The van der Waals surface area contributed by atoms with Crippen LogP contribution in [0.2, 0.25) is 0 Å². The first kappa shape index (κ1) is 23.8. The van der Waals surface area contributed by atoms with Gasteiger partial charge in [-0.2, -0.15) is 4.31 Å². The first-order chi connectivity index (χ1) is 15.9. The zero-order valence-electron chi connectivity index (χ0n) is 19.0. The van der Waals surface area contributed by atoms with Crippen LogP contribution in [0.1, 0.15) is 45.4 Å². The Morgan fingerprint density at radius 2 is 1.73 bits per heavy atom. The predicted molar refractivity (Wildman–Crippen MR) is 120 cm³/mol. The van der Waals surface area contributed by atoms with E-state index in [4.69, 9.17) is 14.2 Å². The molecule has 1 atom stereocenters. The fraction of sp³-hybridized carbons (Fsp3) is 0.652. The Morgan fingerprint density at radius 3 is 2.45 bits per heavy atom. The Morgan fingerprint density at radius 1 is 1.00 bits per heavy atom. The average Bonchev–Trinajstić information content (AvgIpc) is 3.07. The van der Waals surface area contributed by atoms with Crippen LogP contribution in [0.5, 0.6) is 11.5 Å². The molecule has 182 valence electrons. The highest BCUT2D eigenvalue weighted by atomic mass is 32.2. The first-order valence-corrected chi connectivity index (χ1v) is 13.2. The summed E-state index contributed by atoms with van der Waals surface area (Å²) in [7, 11) is -3.72. The number of rotatable bonds is 5. The lowest BCUT2D eigenvalue weighted by molar-refractivity contribution is -0.157. The zero-order chi connectivity index (χ0) is 23.4. The van der Waals surface area contributed by atoms with Gasteiger partial charge in [0.25, 0.3) is 5.91 Å². The second kappa shape index (κ2) is 10.3. The van der Waals surface area contributed by atoms with Crippen molar-refractivity contribution in [2.75, 3.05) is 39.5 Å². The zero-order valence-corrected chi connectivity index (χ0v) is 19.8. The van der Waals surface area contributed by atoms with Gasteiger partial charge in [-0.15, -0.1) is 0 Å². The topological polar surface area (TPSA) is 102 Å². The van der Waals surface area contributed by atoms with Crippen molar-refractivity contribution >= 4 is 21.9 Å². The van der Waals surface area contributed by atoms with Gasteiger partial charge in [0.15, 0.2) is 18.1 Å². The van der Waals surface area contributed by atoms with Crippen molar-refractivity contribution in [3.05, 3.63) is 18.2 Å². The minimum Gasteiger partial charge on any atom is -0.490 e. The lowest BCUT2D eigenvalue weighted by Crippen LogP contribution is -2.45. The molecule has 33 heavy (non-hydrogen) atoms. The largest absolute Gasteiger partial charge is 0.490 e. The van der Waals surface area contributed by atoms with Crippen molar-refractivity contribution < 1.29 is 32.2 Å². The lowest BCUT2D eigenvalue weighted by Gasteiger charge is -2.33. The first-order valence-electron chi connectivity index (χ1n) is 11.7. The number of nitrogens with zero attached hydrogens (tertiary/aromatic N) is 2. The van der Waals surface area contributed by atoms with Crippen LogP contribution in [-0.2, 0) is 24.3 Å². The number of piperidine rings is 2. The smallest absolute Gasteiger partial charge is 0.309 e. The molecule has 4 rings (SSSR count). The fourth-order valence-electron chi connectivity index (χ4n) is 4.59. The minimum atomic E-state index is -3.72. The van der Waals surface area contributed by atoms with Crippen LogP contribution in [0.25, 0.3) is 0 Å². The van der Waals surface area contributed by atoms with E-state index in [2.05, 4.69) is 0 Å². The number of sulfonamides is 1. The Bertz CT molecular complexity index is 973. The number of esters is 1. The number of carbonyl (C=O) groups is 2. The molecular weight excluding hydrogens is 448 g/mol. The van der Waals surface area contributed by atoms with Crippen molar-refractivity contribution in [1.82, 2.24) is 9.21 Å². The Kier molecular flexibility index (Phi) is 7.43. The molecule has 1 unspecified atom stereocenters. The van der Waals surface area contributed by atoms with Gasteiger partial charge in [0.2, 0.25) is 10.0 Å². The van der Waals surface area contributed by atoms with Gasteiger partial charge in [0, 0.05) is 38.2 Å². The third kappa shape index (κ3) is 5.43. The SMILES string of the molecule is CC1CCCCN1C(=O)COC(=O)C1CCN(S(=O)(=O)c2ccc3c(c2)OCCCO3)CC1. The number of hydrogen-bond donors (Lipinski definition) is 0. The van der Waals surface area contributed by atoms with Crippen molar-refractivity contribution in [2.24, 2.45) is 5.92 Å². The molecule has 3 aliphatic rings. The third-order valence-corrected chi connectivity index (χ3v) is 8.50. The summed E-state index contributed by atoms with van der Waals surface area (Å²) < 4.78 is 44.1. The lowest BCUT2D eigenvalue weighted by atomic mass is 9.98. The van der Waals surface area contributed by atoms with Crippen LogP contribution in [0, 0.1) is 5.92 Å². The highest BCUT2D eigenvalue weighted by molar-refractivity contribution is 7.89. The number of likely N-dealkylation sites (tertiary alicyclic amines) is 1. The number of fused-ring (bicyclic) bond motifs is 1. The van der Waals surface area contributed by atoms with Crippen LogP contribution in [0.4, 0.5) is 0 Å². The van der Waals surface area contributed by atoms with E-state index in [1.807, 2.05) is 6.92 Å². The fourth-order valence-corrected chi connectivity index (χ4v) is 6.07. The summed E-state index contributed by atoms with van der Waals surface area (Å²) in [5.74, 6) is -0.0291. The summed E-state index contributed by atoms with van der Waals surface area (Å²) in [6.45, 7) is 3.90. The summed E-state index contributed by atoms with van der Waals surface area (Å²) in [5.41, 5.74) is 0. The standard InChI is InChI=1S/C23H32N2O7S/c1-17-5-2-3-10-25(17)22(26)16-32-23(27)18-8-11-24(12-9-18)33(28,29)19-6-7-20-21(15-19)31-14-4-13-30-20/h6-7,15,17-18H,2-5,8-14,16H2,1H3. The van der Waals surface area contributed by atoms with Gasteiger partial charge >= 0.3 is 5.97 Å². The molecular formula is C23H32N2O7S. The van der Waals surface area contributed by atoms with Crippen LogP contribution in [0.3, 0.4) is 0 Å². The Labute approximate surface area is 195 Å². The second-order valence-corrected chi connectivity index (χ2v) is 10.8. The monoisotopic (exact) mass is 480 g/mol. The molecule has 0 aliphatic carbocycles. The van der Waals surface area contributed by atoms with Crippen molar-refractivity contribution in [2.45, 2.75) is 56.4 Å². The summed E-state index contributed by atoms with van der Waals surface area (Å²) >= 11 is 0. The average molecular weight is 481 g/mol. The summed E-state index contributed by atoms with van der Waals surface area (Å²) in [6.07, 6.45) is 4.51. The van der Waals surface area contributed by atoms with Crippen LogP contribution < -0.4 is 9.47 Å². The summed E-state index contributed by atoms with van der Waals surface area (Å²) in [6, 6.07) is 4.82. The Hall–Kier alpha value is -2.33. The van der Waals surface area contributed by atoms with Gasteiger partial charge in [-0.25, -0.2) is 8.42 Å². The van der Waals surface area contributed by atoms with E-state index in [0.717, 1.165) is 25.7 Å². The highest BCUT2D eigenvalue weighted by Gasteiger charge is 2.34. The number of carbonyl (C=O) groups excluding carboxylic acids is 2. The molecule has 2 saturated heterocycles. The van der Waals surface area contributed by atoms with Crippen LogP contribution >= 0.6 is 0 Å². The van der Waals surface area contributed by atoms with E-state index in [0.29, 0.717) is 44.1 Å². The molecule has 0 saturated carbocycles. The number of ether oxygens (including phenoxy) is 3. The van der Waals surface area contributed by atoms with E-state index in [-0.39, 0.29) is 36.5 Å². The molecule has 1 aromatic rings. The maximum Gasteiger partial charge on any atom is 0.309 e. The van der Waals surface area contributed by atoms with E-state index in [1.54, 1.807) is 11.0 Å². The third-order valence-electron chi connectivity index (χ3n) is 6.61. The minimum absolute atomic E-state index is 0.147. The number of amides is 1. The van der Waals surface area contributed by atoms with Gasteiger partial charge in [-0.3, -0.25) is 9.59 Å². The van der Waals surface area contributed by atoms with Gasteiger partial charge < -0.3 is 19.1 Å². The molecule has 0 aromatic heterocycles. The highest BCUT2D eigenvalue weighted by Crippen LogP contribution is 2.34. The van der Waals surface area contributed by atoms with Crippen LogP contribution in [0.15, 0.2) is 23.1 Å². The molecule has 10 heteroatoms. The molecule has 0 N–H and O–H groups in total. The molecule has 3 heterocycles. The molecule has 2 fully saturated rings. The van der Waals surface area contributed by atoms with E-state index >= 15 is 0 Å². The van der Waals surface area contributed by atoms with E-state index < -0.39 is 21.9 Å². The predicted octanol–water partition coefficient (Wildman–Crippen LogP) is 2.19. The number of hydrogen-bond acceptors (Lipinski definition) is 7. The molecule has 3 aliphatic heterocycles. The van der Waals surface area contributed by atoms with Crippen molar-refractivity contribution in [1.29, 1.82) is 0 Å². The molecule has 0 spiro atoms. The molecule has 1 amide bonds. The van der Waals surface area contributed by atoms with Crippen molar-refractivity contribution in [3.63, 3.8) is 0 Å². The van der Waals surface area contributed by atoms with Gasteiger partial charge in [0.1, 0.15) is 0 Å². The van der Waals surface area contributed by atoms with E-state index in [9.17, 15) is 18.0 Å². The maximum atomic E-state index is 13.1. The quantitative estimate of drug-likeness (QED) is 0.595. The molecule has 9 nitrogen and oxygen atoms in total. The van der Waals surface area contributed by atoms with Gasteiger partial charge in [-0.1, -0.05) is 0 Å². The molecule has 1 aromatic carbocycles. The molecule has 0 bridgehead atoms.